The van der Waals surface area contributed by atoms with E-state index in [1.807, 2.05) is 48.5 Å². The second-order valence-corrected chi connectivity index (χ2v) is 9.52. The molecule has 34 heavy (non-hydrogen) atoms. The number of rotatable bonds is 7. The third kappa shape index (κ3) is 4.36. The molecule has 2 fully saturated rings. The summed E-state index contributed by atoms with van der Waals surface area (Å²) in [5, 5.41) is 10.6. The standard InChI is InChI=1S/C27H30BNO5/c1-33-17-20-14-21-25(27(31)29(26(21)30)16-19-10-6-3-7-11-19)22-15-28(32)34-23(24(20)22)13-12-18-8-4-2-5-9-18/h2-11,21-23,25,32H,12-17H2,1H3/t21-,22+,23-,25-/m1/s1. The lowest BCUT2D eigenvalue weighted by atomic mass is 9.58. The van der Waals surface area contributed by atoms with Gasteiger partial charge in [-0.2, -0.15) is 0 Å². The van der Waals surface area contributed by atoms with Crippen molar-refractivity contribution in [2.75, 3.05) is 13.7 Å². The number of carbonyl (C=O) groups excluding carboxylic acids is 2. The molecule has 0 spiro atoms. The number of ether oxygens (including phenoxy) is 1. The van der Waals surface area contributed by atoms with E-state index in [-0.39, 0.29) is 30.4 Å². The molecule has 176 valence electrons. The number of fused-ring (bicyclic) bond motifs is 3. The van der Waals surface area contributed by atoms with E-state index in [4.69, 9.17) is 9.39 Å². The number of imide groups is 1. The molecule has 0 bridgehead atoms. The number of nitrogens with zero attached hydrogens (tertiary/aromatic N) is 1. The summed E-state index contributed by atoms with van der Waals surface area (Å²) in [5.74, 6) is -1.33. The van der Waals surface area contributed by atoms with Crippen LogP contribution in [0.3, 0.4) is 0 Å². The zero-order valence-electron chi connectivity index (χ0n) is 19.4. The van der Waals surface area contributed by atoms with Gasteiger partial charge in [0, 0.05) is 7.11 Å². The Morgan fingerprint density at radius 1 is 1.00 bits per heavy atom. The summed E-state index contributed by atoms with van der Waals surface area (Å²) in [4.78, 5) is 28.4. The second-order valence-electron chi connectivity index (χ2n) is 9.52. The van der Waals surface area contributed by atoms with E-state index in [0.717, 1.165) is 23.1 Å². The smallest absolute Gasteiger partial charge is 0.427 e. The van der Waals surface area contributed by atoms with Crippen LogP contribution in [0.15, 0.2) is 71.8 Å². The zero-order chi connectivity index (χ0) is 23.7. The predicted molar refractivity (Wildman–Crippen MR) is 128 cm³/mol. The fourth-order valence-electron chi connectivity index (χ4n) is 6.00. The summed E-state index contributed by atoms with van der Waals surface area (Å²) in [6.45, 7) is 0.681. The topological polar surface area (TPSA) is 76.1 Å². The van der Waals surface area contributed by atoms with Gasteiger partial charge in [-0.15, -0.1) is 0 Å². The highest BCUT2D eigenvalue weighted by molar-refractivity contribution is 6.43. The Hall–Kier alpha value is -2.74. The summed E-state index contributed by atoms with van der Waals surface area (Å²) in [5.41, 5.74) is 4.24. The van der Waals surface area contributed by atoms with Gasteiger partial charge in [-0.1, -0.05) is 60.7 Å². The minimum absolute atomic E-state index is 0.117. The molecule has 0 saturated carbocycles. The van der Waals surface area contributed by atoms with Gasteiger partial charge in [-0.05, 0) is 53.8 Å². The van der Waals surface area contributed by atoms with Crippen LogP contribution in [-0.2, 0) is 31.9 Å². The summed E-state index contributed by atoms with van der Waals surface area (Å²) >= 11 is 0. The van der Waals surface area contributed by atoms with Crippen LogP contribution in [0.4, 0.5) is 0 Å². The SMILES string of the molecule is COCC1=C2[C@@H](CCc3ccccc3)OB(O)C[C@@H]2[C@@H]2C(=O)N(Cc3ccccc3)C(=O)[C@@H]2C1. The van der Waals surface area contributed by atoms with Crippen molar-refractivity contribution in [3.05, 3.63) is 82.9 Å². The van der Waals surface area contributed by atoms with Gasteiger partial charge in [0.1, 0.15) is 0 Å². The van der Waals surface area contributed by atoms with Gasteiger partial charge < -0.3 is 14.4 Å². The molecule has 3 aliphatic rings. The minimum atomic E-state index is -0.955. The van der Waals surface area contributed by atoms with Crippen molar-refractivity contribution in [1.82, 2.24) is 4.90 Å². The third-order valence-corrected chi connectivity index (χ3v) is 7.44. The normalized spacial score (nSPS) is 26.6. The summed E-state index contributed by atoms with van der Waals surface area (Å²) < 4.78 is 11.5. The molecule has 2 amide bonds. The first kappa shape index (κ1) is 23.0. The summed E-state index contributed by atoms with van der Waals surface area (Å²) in [7, 11) is 0.693. The van der Waals surface area contributed by atoms with Crippen LogP contribution in [0.2, 0.25) is 6.32 Å². The Balaban J connectivity index is 1.44. The first-order valence-electron chi connectivity index (χ1n) is 12.0. The van der Waals surface area contributed by atoms with Crippen LogP contribution in [0, 0.1) is 17.8 Å². The molecule has 0 aromatic heterocycles. The molecule has 6 nitrogen and oxygen atoms in total. The van der Waals surface area contributed by atoms with Crippen molar-refractivity contribution in [3.63, 3.8) is 0 Å². The quantitative estimate of drug-likeness (QED) is 0.391. The van der Waals surface area contributed by atoms with Crippen molar-refractivity contribution in [2.45, 2.75) is 38.2 Å². The highest BCUT2D eigenvalue weighted by atomic mass is 16.5. The van der Waals surface area contributed by atoms with Crippen LogP contribution < -0.4 is 0 Å². The van der Waals surface area contributed by atoms with Gasteiger partial charge in [0.25, 0.3) is 0 Å². The number of hydrogen-bond donors (Lipinski definition) is 1. The Bertz CT molecular complexity index is 1070. The average molecular weight is 459 g/mol. The lowest BCUT2D eigenvalue weighted by Crippen LogP contribution is -2.46. The van der Waals surface area contributed by atoms with E-state index >= 15 is 0 Å². The van der Waals surface area contributed by atoms with E-state index < -0.39 is 19.0 Å². The zero-order valence-corrected chi connectivity index (χ0v) is 19.4. The van der Waals surface area contributed by atoms with E-state index in [9.17, 15) is 14.6 Å². The molecule has 2 heterocycles. The number of benzene rings is 2. The Kier molecular flexibility index (Phi) is 6.68. The molecule has 1 N–H and O–H groups in total. The molecule has 7 heteroatoms. The molecular weight excluding hydrogens is 429 g/mol. The van der Waals surface area contributed by atoms with Gasteiger partial charge in [0.15, 0.2) is 0 Å². The molecule has 1 aliphatic carbocycles. The molecular formula is C27H30BNO5. The largest absolute Gasteiger partial charge is 0.455 e. The number of likely N-dealkylation sites (tertiary alicyclic amines) is 1. The molecule has 2 aromatic rings. The lowest BCUT2D eigenvalue weighted by molar-refractivity contribution is -0.140. The first-order valence-corrected chi connectivity index (χ1v) is 12.0. The van der Waals surface area contributed by atoms with Crippen LogP contribution >= 0.6 is 0 Å². The van der Waals surface area contributed by atoms with Crippen molar-refractivity contribution in [1.29, 1.82) is 0 Å². The van der Waals surface area contributed by atoms with E-state index in [1.165, 1.54) is 10.5 Å². The van der Waals surface area contributed by atoms with Crippen molar-refractivity contribution in [3.8, 4) is 0 Å². The van der Waals surface area contributed by atoms with E-state index in [0.29, 0.717) is 25.8 Å². The maximum absolute atomic E-state index is 13.6. The van der Waals surface area contributed by atoms with Crippen LogP contribution in [0.5, 0.6) is 0 Å². The van der Waals surface area contributed by atoms with Crippen LogP contribution in [0.25, 0.3) is 0 Å². The summed E-state index contributed by atoms with van der Waals surface area (Å²) in [6.07, 6.45) is 2.03. The molecule has 5 rings (SSSR count). The Morgan fingerprint density at radius 2 is 1.68 bits per heavy atom. The maximum atomic E-state index is 13.6. The molecule has 4 atom stereocenters. The Labute approximate surface area is 200 Å². The molecule has 0 radical (unpaired) electrons. The molecule has 0 unspecified atom stereocenters. The van der Waals surface area contributed by atoms with Gasteiger partial charge in [0.2, 0.25) is 11.8 Å². The highest BCUT2D eigenvalue weighted by Gasteiger charge is 2.57. The number of amides is 2. The summed E-state index contributed by atoms with van der Waals surface area (Å²) in [6, 6.07) is 19.8. The van der Waals surface area contributed by atoms with Gasteiger partial charge in [0.05, 0.1) is 31.1 Å². The van der Waals surface area contributed by atoms with E-state index in [2.05, 4.69) is 12.1 Å². The van der Waals surface area contributed by atoms with E-state index in [1.54, 1.807) is 7.11 Å². The van der Waals surface area contributed by atoms with Gasteiger partial charge in [-0.3, -0.25) is 14.5 Å². The number of aryl methyl sites for hydroxylation is 1. The fourth-order valence-corrected chi connectivity index (χ4v) is 6.00. The lowest BCUT2D eigenvalue weighted by Gasteiger charge is -2.43. The number of hydrogen-bond acceptors (Lipinski definition) is 5. The number of carbonyl (C=O) groups is 2. The maximum Gasteiger partial charge on any atom is 0.455 e. The second kappa shape index (κ2) is 9.86. The van der Waals surface area contributed by atoms with Gasteiger partial charge in [-0.25, -0.2) is 0 Å². The van der Waals surface area contributed by atoms with Crippen LogP contribution in [0.1, 0.15) is 24.0 Å². The van der Waals surface area contributed by atoms with Crippen molar-refractivity contribution in [2.24, 2.45) is 17.8 Å². The minimum Gasteiger partial charge on any atom is -0.427 e. The van der Waals surface area contributed by atoms with Crippen LogP contribution in [-0.4, -0.2) is 48.7 Å². The monoisotopic (exact) mass is 459 g/mol. The third-order valence-electron chi connectivity index (χ3n) is 7.44. The van der Waals surface area contributed by atoms with Gasteiger partial charge >= 0.3 is 7.12 Å². The molecule has 2 aromatic carbocycles. The first-order chi connectivity index (χ1) is 16.6. The fraction of sp³-hybridized carbons (Fsp3) is 0.407. The highest BCUT2D eigenvalue weighted by Crippen LogP contribution is 2.50. The van der Waals surface area contributed by atoms with Crippen molar-refractivity contribution >= 4 is 18.9 Å². The predicted octanol–water partition coefficient (Wildman–Crippen LogP) is 3.26. The Morgan fingerprint density at radius 3 is 2.35 bits per heavy atom. The molecule has 2 saturated heterocycles. The average Bonchev–Trinajstić information content (AvgIpc) is 3.08. The number of methoxy groups -OCH3 is 1. The molecule has 2 aliphatic heterocycles. The van der Waals surface area contributed by atoms with Crippen molar-refractivity contribution < 1.29 is 24.0 Å².